The molecule has 1 fully saturated rings. The van der Waals surface area contributed by atoms with Gasteiger partial charge < -0.3 is 15.2 Å². The van der Waals surface area contributed by atoms with Gasteiger partial charge in [0.1, 0.15) is 11.1 Å². The molecule has 1 aromatic rings. The Bertz CT molecular complexity index is 550. The first-order chi connectivity index (χ1) is 10.2. The van der Waals surface area contributed by atoms with E-state index in [1.807, 2.05) is 30.3 Å². The van der Waals surface area contributed by atoms with Crippen LogP contribution in [0.5, 0.6) is 0 Å². The van der Waals surface area contributed by atoms with Crippen LogP contribution in [0.3, 0.4) is 0 Å². The van der Waals surface area contributed by atoms with Crippen LogP contribution in [0.1, 0.15) is 39.2 Å². The number of nitrogens with one attached hydrogen (secondary N) is 1. The minimum Gasteiger partial charge on any atom is -0.479 e. The minimum atomic E-state index is -1.22. The molecule has 2 N–H and O–H groups in total. The molecule has 5 nitrogen and oxygen atoms in total. The van der Waals surface area contributed by atoms with E-state index in [1.54, 1.807) is 20.8 Å². The van der Waals surface area contributed by atoms with Crippen LogP contribution in [0.2, 0.25) is 0 Å². The number of ether oxygens (including phenoxy) is 1. The molecule has 120 valence electrons. The second kappa shape index (κ2) is 5.99. The van der Waals surface area contributed by atoms with Crippen molar-refractivity contribution in [3.63, 3.8) is 0 Å². The Balaban J connectivity index is 2.09. The number of carbonyl (C=O) groups is 2. The molecule has 2 unspecified atom stereocenters. The highest BCUT2D eigenvalue weighted by Gasteiger charge is 2.54. The van der Waals surface area contributed by atoms with Crippen LogP contribution < -0.4 is 5.32 Å². The molecule has 2 rings (SSSR count). The zero-order valence-corrected chi connectivity index (χ0v) is 13.3. The maximum atomic E-state index is 12.0. The van der Waals surface area contributed by atoms with Crippen LogP contribution >= 0.6 is 0 Å². The van der Waals surface area contributed by atoms with Crippen LogP contribution in [0.4, 0.5) is 4.79 Å². The van der Waals surface area contributed by atoms with Gasteiger partial charge in [-0.3, -0.25) is 0 Å². The van der Waals surface area contributed by atoms with Gasteiger partial charge in [-0.2, -0.15) is 0 Å². The van der Waals surface area contributed by atoms with Gasteiger partial charge in [0, 0.05) is 0 Å². The predicted octanol–water partition coefficient (Wildman–Crippen LogP) is 2.99. The zero-order chi connectivity index (χ0) is 16.4. The molecule has 5 heteroatoms. The Morgan fingerprint density at radius 3 is 2.41 bits per heavy atom. The van der Waals surface area contributed by atoms with Crippen LogP contribution in [0.25, 0.3) is 0 Å². The lowest BCUT2D eigenvalue weighted by molar-refractivity contribution is -0.153. The van der Waals surface area contributed by atoms with Crippen molar-refractivity contribution in [1.82, 2.24) is 5.32 Å². The molecule has 1 amide bonds. The van der Waals surface area contributed by atoms with Gasteiger partial charge in [-0.1, -0.05) is 30.3 Å². The minimum absolute atomic E-state index is 0.125. The summed E-state index contributed by atoms with van der Waals surface area (Å²) in [5, 5.41) is 12.2. The summed E-state index contributed by atoms with van der Waals surface area (Å²) in [6.45, 7) is 5.26. The third-order valence-corrected chi connectivity index (χ3v) is 4.01. The molecule has 0 bridgehead atoms. The van der Waals surface area contributed by atoms with Gasteiger partial charge in [-0.05, 0) is 51.5 Å². The smallest absolute Gasteiger partial charge is 0.408 e. The monoisotopic (exact) mass is 305 g/mol. The molecule has 2 atom stereocenters. The average Bonchev–Trinajstić information content (AvgIpc) is 2.40. The first-order valence-corrected chi connectivity index (χ1v) is 7.51. The summed E-state index contributed by atoms with van der Waals surface area (Å²) in [6.07, 6.45) is 1.16. The van der Waals surface area contributed by atoms with Crippen molar-refractivity contribution in [1.29, 1.82) is 0 Å². The fourth-order valence-electron chi connectivity index (χ4n) is 2.80. The van der Waals surface area contributed by atoms with Crippen LogP contribution in [0, 0.1) is 5.92 Å². The van der Waals surface area contributed by atoms with E-state index in [1.165, 1.54) is 0 Å². The second-order valence-corrected chi connectivity index (χ2v) is 6.83. The Morgan fingerprint density at radius 2 is 1.95 bits per heavy atom. The molecule has 0 spiro atoms. The molecule has 0 aromatic heterocycles. The number of benzene rings is 1. The normalized spacial score (nSPS) is 24.2. The second-order valence-electron chi connectivity index (χ2n) is 6.83. The number of hydrogen-bond acceptors (Lipinski definition) is 3. The van der Waals surface area contributed by atoms with Crippen molar-refractivity contribution < 1.29 is 19.4 Å². The molecule has 1 aliphatic carbocycles. The average molecular weight is 305 g/mol. The molecule has 0 saturated heterocycles. The molecular weight excluding hydrogens is 282 g/mol. The number of carbonyl (C=O) groups excluding carboxylic acids is 1. The summed E-state index contributed by atoms with van der Waals surface area (Å²) in [4.78, 5) is 23.7. The van der Waals surface area contributed by atoms with Crippen LogP contribution in [0.15, 0.2) is 30.3 Å². The standard InChI is InChI=1S/C17H23NO4/c1-16(2,3)22-15(21)18-17(14(19)20)10-9-13(17)11-12-7-5-4-6-8-12/h4-8,13H,9-11H2,1-3H3,(H,18,21)(H,19,20). The molecule has 22 heavy (non-hydrogen) atoms. The van der Waals surface area contributed by atoms with E-state index in [0.29, 0.717) is 12.8 Å². The molecule has 1 aromatic carbocycles. The van der Waals surface area contributed by atoms with E-state index < -0.39 is 23.2 Å². The Kier molecular flexibility index (Phi) is 4.44. The van der Waals surface area contributed by atoms with Gasteiger partial charge in [0.25, 0.3) is 0 Å². The maximum absolute atomic E-state index is 12.0. The number of amides is 1. The highest BCUT2D eigenvalue weighted by Crippen LogP contribution is 2.41. The van der Waals surface area contributed by atoms with Gasteiger partial charge in [0.05, 0.1) is 0 Å². The van der Waals surface area contributed by atoms with Gasteiger partial charge in [-0.15, -0.1) is 0 Å². The molecule has 0 aliphatic heterocycles. The first kappa shape index (κ1) is 16.3. The SMILES string of the molecule is CC(C)(C)OC(=O)NC1(C(=O)O)CCC1Cc1ccccc1. The fraction of sp³-hybridized carbons (Fsp3) is 0.529. The van der Waals surface area contributed by atoms with Gasteiger partial charge in [-0.25, -0.2) is 9.59 Å². The quantitative estimate of drug-likeness (QED) is 0.896. The van der Waals surface area contributed by atoms with Crippen LogP contribution in [-0.4, -0.2) is 28.3 Å². The Hall–Kier alpha value is -2.04. The van der Waals surface area contributed by atoms with Crippen molar-refractivity contribution in [3.05, 3.63) is 35.9 Å². The number of aliphatic carboxylic acids is 1. The third-order valence-electron chi connectivity index (χ3n) is 4.01. The van der Waals surface area contributed by atoms with Gasteiger partial charge >= 0.3 is 12.1 Å². The molecule has 0 heterocycles. The maximum Gasteiger partial charge on any atom is 0.408 e. The van der Waals surface area contributed by atoms with E-state index in [-0.39, 0.29) is 5.92 Å². The van der Waals surface area contributed by atoms with Crippen molar-refractivity contribution in [2.45, 2.75) is 51.2 Å². The number of hydrogen-bond donors (Lipinski definition) is 2. The lowest BCUT2D eigenvalue weighted by atomic mass is 9.64. The number of alkyl carbamates (subject to hydrolysis) is 1. The van der Waals surface area contributed by atoms with Crippen molar-refractivity contribution in [3.8, 4) is 0 Å². The Labute approximate surface area is 130 Å². The van der Waals surface area contributed by atoms with Crippen molar-refractivity contribution in [2.75, 3.05) is 0 Å². The van der Waals surface area contributed by atoms with Crippen molar-refractivity contribution in [2.24, 2.45) is 5.92 Å². The fourth-order valence-corrected chi connectivity index (χ4v) is 2.80. The van der Waals surface area contributed by atoms with E-state index in [0.717, 1.165) is 12.0 Å². The summed E-state index contributed by atoms with van der Waals surface area (Å²) < 4.78 is 5.20. The van der Waals surface area contributed by atoms with Gasteiger partial charge in [0.2, 0.25) is 0 Å². The lowest BCUT2D eigenvalue weighted by Crippen LogP contribution is -2.66. The zero-order valence-electron chi connectivity index (χ0n) is 13.3. The summed E-state index contributed by atoms with van der Waals surface area (Å²) in [7, 11) is 0. The largest absolute Gasteiger partial charge is 0.479 e. The van der Waals surface area contributed by atoms with E-state index in [9.17, 15) is 14.7 Å². The van der Waals surface area contributed by atoms with E-state index in [4.69, 9.17) is 4.74 Å². The Morgan fingerprint density at radius 1 is 1.32 bits per heavy atom. The highest BCUT2D eigenvalue weighted by molar-refractivity contribution is 5.86. The highest BCUT2D eigenvalue weighted by atomic mass is 16.6. The summed E-state index contributed by atoms with van der Waals surface area (Å²) in [5.74, 6) is -1.12. The number of carboxylic acids is 1. The molecule has 0 radical (unpaired) electrons. The summed E-state index contributed by atoms with van der Waals surface area (Å²) in [5.41, 5.74) is -0.801. The third kappa shape index (κ3) is 3.59. The van der Waals surface area contributed by atoms with Gasteiger partial charge in [0.15, 0.2) is 0 Å². The topological polar surface area (TPSA) is 75.6 Å². The lowest BCUT2D eigenvalue weighted by Gasteiger charge is -2.46. The van der Waals surface area contributed by atoms with E-state index in [2.05, 4.69) is 5.32 Å². The van der Waals surface area contributed by atoms with Crippen LogP contribution in [-0.2, 0) is 16.0 Å². The predicted molar refractivity (Wildman–Crippen MR) is 82.6 cm³/mol. The molecule has 1 aliphatic rings. The molecular formula is C17H23NO4. The summed E-state index contributed by atoms with van der Waals surface area (Å²) >= 11 is 0. The number of carboxylic acid groups (broad SMARTS) is 1. The molecule has 1 saturated carbocycles. The van der Waals surface area contributed by atoms with Crippen molar-refractivity contribution >= 4 is 12.1 Å². The first-order valence-electron chi connectivity index (χ1n) is 7.51. The van der Waals surface area contributed by atoms with E-state index >= 15 is 0 Å². The number of rotatable bonds is 4. The summed E-state index contributed by atoms with van der Waals surface area (Å²) in [6, 6.07) is 9.72.